The first-order chi connectivity index (χ1) is 8.20. The Kier molecular flexibility index (Phi) is 4.12. The Morgan fingerprint density at radius 1 is 1.35 bits per heavy atom. The number of carbonyl (C=O) groups is 1. The molecule has 1 aliphatic heterocycles. The topological polar surface area (TPSA) is 36.7 Å². The van der Waals surface area contributed by atoms with E-state index < -0.39 is 0 Å². The third-order valence-electron chi connectivity index (χ3n) is 3.03. The zero-order valence-corrected chi connectivity index (χ0v) is 10.9. The van der Waals surface area contributed by atoms with Crippen LogP contribution in [0.4, 0.5) is 0 Å². The lowest BCUT2D eigenvalue weighted by atomic mass is 10.3. The molecule has 1 fully saturated rings. The molecule has 0 unspecified atom stereocenters. The van der Waals surface area contributed by atoms with Crippen LogP contribution in [0.3, 0.4) is 0 Å². The molecule has 0 radical (unpaired) electrons. The number of rotatable bonds is 3. The molecular weight excluding hydrogens is 236 g/mol. The first kappa shape index (κ1) is 12.5. The van der Waals surface area contributed by atoms with Gasteiger partial charge in [0, 0.05) is 38.5 Å². The molecule has 0 bridgehead atoms. The van der Waals surface area contributed by atoms with Gasteiger partial charge in [-0.1, -0.05) is 0 Å². The van der Waals surface area contributed by atoms with Crippen LogP contribution in [0.5, 0.6) is 0 Å². The predicted octanol–water partition coefficient (Wildman–Crippen LogP) is 1.28. The minimum atomic E-state index is 0.00336. The van der Waals surface area contributed by atoms with E-state index in [-0.39, 0.29) is 5.91 Å². The number of aryl methyl sites for hydroxylation is 1. The van der Waals surface area contributed by atoms with E-state index in [0.717, 1.165) is 44.2 Å². The summed E-state index contributed by atoms with van der Waals surface area (Å²) >= 11 is 4.22. The fraction of sp³-hybridized carbons (Fsp3) is 0.583. The molecule has 5 heteroatoms. The van der Waals surface area contributed by atoms with Gasteiger partial charge in [-0.25, -0.2) is 0 Å². The van der Waals surface area contributed by atoms with Crippen molar-refractivity contribution >= 4 is 18.5 Å². The summed E-state index contributed by atoms with van der Waals surface area (Å²) in [7, 11) is 0. The Bertz CT molecular complexity index is 384. The summed E-state index contributed by atoms with van der Waals surface area (Å²) in [5.41, 5.74) is 0. The summed E-state index contributed by atoms with van der Waals surface area (Å²) < 4.78 is 5.36. The highest BCUT2D eigenvalue weighted by atomic mass is 32.1. The van der Waals surface area contributed by atoms with E-state index in [0.29, 0.717) is 5.76 Å². The van der Waals surface area contributed by atoms with Crippen molar-refractivity contribution in [1.82, 2.24) is 9.80 Å². The lowest BCUT2D eigenvalue weighted by Crippen LogP contribution is -2.49. The van der Waals surface area contributed by atoms with Crippen molar-refractivity contribution in [3.8, 4) is 0 Å². The average Bonchev–Trinajstić information content (AvgIpc) is 2.76. The summed E-state index contributed by atoms with van der Waals surface area (Å²) in [6, 6.07) is 3.57. The number of amides is 1. The van der Waals surface area contributed by atoms with Gasteiger partial charge in [0.1, 0.15) is 5.76 Å². The van der Waals surface area contributed by atoms with Crippen molar-refractivity contribution < 1.29 is 9.21 Å². The minimum Gasteiger partial charge on any atom is -0.456 e. The van der Waals surface area contributed by atoms with Crippen LogP contribution in [-0.4, -0.2) is 54.2 Å². The molecule has 4 nitrogen and oxygen atoms in total. The summed E-state index contributed by atoms with van der Waals surface area (Å²) in [4.78, 5) is 16.3. The molecular formula is C12H18N2O2S. The molecule has 2 heterocycles. The van der Waals surface area contributed by atoms with Crippen molar-refractivity contribution in [2.45, 2.75) is 6.92 Å². The maximum absolute atomic E-state index is 12.1. The molecule has 0 saturated carbocycles. The van der Waals surface area contributed by atoms with Crippen LogP contribution in [0.15, 0.2) is 16.5 Å². The Morgan fingerprint density at radius 2 is 2.06 bits per heavy atom. The zero-order chi connectivity index (χ0) is 12.3. The molecule has 1 aliphatic rings. The van der Waals surface area contributed by atoms with Crippen molar-refractivity contribution in [3.05, 3.63) is 23.7 Å². The Morgan fingerprint density at radius 3 is 2.59 bits per heavy atom. The first-order valence-electron chi connectivity index (χ1n) is 5.89. The van der Waals surface area contributed by atoms with Crippen LogP contribution in [0, 0.1) is 6.92 Å². The number of furan rings is 1. The Hall–Kier alpha value is -0.940. The molecule has 1 saturated heterocycles. The largest absolute Gasteiger partial charge is 0.456 e. The predicted molar refractivity (Wildman–Crippen MR) is 69.6 cm³/mol. The van der Waals surface area contributed by atoms with E-state index in [1.807, 2.05) is 17.9 Å². The summed E-state index contributed by atoms with van der Waals surface area (Å²) in [6.07, 6.45) is 0. The summed E-state index contributed by atoms with van der Waals surface area (Å²) in [5.74, 6) is 2.10. The average molecular weight is 254 g/mol. The summed E-state index contributed by atoms with van der Waals surface area (Å²) in [5, 5.41) is 0. The van der Waals surface area contributed by atoms with E-state index in [9.17, 15) is 4.79 Å². The lowest BCUT2D eigenvalue weighted by Gasteiger charge is -2.33. The van der Waals surface area contributed by atoms with Crippen LogP contribution in [0.25, 0.3) is 0 Å². The highest BCUT2D eigenvalue weighted by Crippen LogP contribution is 2.11. The van der Waals surface area contributed by atoms with Crippen LogP contribution >= 0.6 is 12.6 Å². The van der Waals surface area contributed by atoms with Crippen molar-refractivity contribution in [3.63, 3.8) is 0 Å². The second-order valence-corrected chi connectivity index (χ2v) is 4.71. The zero-order valence-electron chi connectivity index (χ0n) is 10.1. The van der Waals surface area contributed by atoms with Gasteiger partial charge in [0.15, 0.2) is 5.76 Å². The van der Waals surface area contributed by atoms with E-state index in [2.05, 4.69) is 17.5 Å². The molecule has 94 valence electrons. The highest BCUT2D eigenvalue weighted by Gasteiger charge is 2.23. The monoisotopic (exact) mass is 254 g/mol. The third-order valence-corrected chi connectivity index (χ3v) is 3.23. The van der Waals surface area contributed by atoms with Gasteiger partial charge in [-0.15, -0.1) is 0 Å². The lowest BCUT2D eigenvalue weighted by molar-refractivity contribution is 0.0612. The van der Waals surface area contributed by atoms with E-state index in [4.69, 9.17) is 4.42 Å². The number of carbonyl (C=O) groups excluding carboxylic acids is 1. The first-order valence-corrected chi connectivity index (χ1v) is 6.53. The van der Waals surface area contributed by atoms with Crippen LogP contribution in [0.2, 0.25) is 0 Å². The van der Waals surface area contributed by atoms with E-state index in [1.165, 1.54) is 0 Å². The second kappa shape index (κ2) is 5.60. The standard InChI is InChI=1S/C12H18N2O2S/c1-10-2-3-11(16-10)12(15)14-6-4-13(5-7-14)8-9-17/h2-3,17H,4-9H2,1H3. The fourth-order valence-corrected chi connectivity index (χ4v) is 2.30. The van der Waals surface area contributed by atoms with Crippen LogP contribution < -0.4 is 0 Å². The SMILES string of the molecule is Cc1ccc(C(=O)N2CCN(CCS)CC2)o1. The van der Waals surface area contributed by atoms with Gasteiger partial charge in [0.2, 0.25) is 0 Å². The normalized spacial score (nSPS) is 17.4. The smallest absolute Gasteiger partial charge is 0.289 e. The molecule has 17 heavy (non-hydrogen) atoms. The molecule has 0 N–H and O–H groups in total. The number of piperazine rings is 1. The molecule has 1 aromatic rings. The maximum Gasteiger partial charge on any atom is 0.289 e. The third kappa shape index (κ3) is 3.04. The molecule has 0 aromatic carbocycles. The van der Waals surface area contributed by atoms with Crippen molar-refractivity contribution in [2.75, 3.05) is 38.5 Å². The Balaban J connectivity index is 1.90. The number of thiol groups is 1. The van der Waals surface area contributed by atoms with Crippen LogP contribution in [-0.2, 0) is 0 Å². The highest BCUT2D eigenvalue weighted by molar-refractivity contribution is 7.80. The van der Waals surface area contributed by atoms with Gasteiger partial charge in [-0.2, -0.15) is 12.6 Å². The van der Waals surface area contributed by atoms with Gasteiger partial charge in [-0.05, 0) is 19.1 Å². The molecule has 0 aliphatic carbocycles. The number of nitrogens with zero attached hydrogens (tertiary/aromatic N) is 2. The van der Waals surface area contributed by atoms with Gasteiger partial charge in [0.25, 0.3) is 5.91 Å². The van der Waals surface area contributed by atoms with Crippen molar-refractivity contribution in [2.24, 2.45) is 0 Å². The van der Waals surface area contributed by atoms with Crippen molar-refractivity contribution in [1.29, 1.82) is 0 Å². The van der Waals surface area contributed by atoms with Gasteiger partial charge >= 0.3 is 0 Å². The molecule has 0 spiro atoms. The van der Waals surface area contributed by atoms with Gasteiger partial charge < -0.3 is 9.32 Å². The fourth-order valence-electron chi connectivity index (χ4n) is 2.02. The molecule has 1 aromatic heterocycles. The Labute approximate surface area is 107 Å². The quantitative estimate of drug-likeness (QED) is 0.826. The maximum atomic E-state index is 12.1. The van der Waals surface area contributed by atoms with E-state index in [1.54, 1.807) is 6.07 Å². The van der Waals surface area contributed by atoms with Crippen LogP contribution in [0.1, 0.15) is 16.3 Å². The van der Waals surface area contributed by atoms with Gasteiger partial charge in [0.05, 0.1) is 0 Å². The van der Waals surface area contributed by atoms with E-state index >= 15 is 0 Å². The molecule has 0 atom stereocenters. The van der Waals surface area contributed by atoms with Gasteiger partial charge in [-0.3, -0.25) is 9.69 Å². The number of hydrogen-bond donors (Lipinski definition) is 1. The number of hydrogen-bond acceptors (Lipinski definition) is 4. The minimum absolute atomic E-state index is 0.00336. The second-order valence-electron chi connectivity index (χ2n) is 4.27. The summed E-state index contributed by atoms with van der Waals surface area (Å²) in [6.45, 7) is 6.23. The molecule has 2 rings (SSSR count). The molecule has 1 amide bonds.